The van der Waals surface area contributed by atoms with Crippen LogP contribution in [0.4, 0.5) is 21.5 Å². The molecule has 0 aromatic heterocycles. The summed E-state index contributed by atoms with van der Waals surface area (Å²) in [5, 5.41) is 3.01. The van der Waals surface area contributed by atoms with E-state index in [4.69, 9.17) is 5.73 Å². The zero-order valence-corrected chi connectivity index (χ0v) is 12.4. The van der Waals surface area contributed by atoms with Gasteiger partial charge in [-0.2, -0.15) is 0 Å². The van der Waals surface area contributed by atoms with E-state index in [1.165, 1.54) is 6.07 Å². The highest BCUT2D eigenvalue weighted by Gasteiger charge is 2.05. The van der Waals surface area contributed by atoms with Crippen LogP contribution in [-0.4, -0.2) is 0 Å². The second-order valence-corrected chi connectivity index (χ2v) is 5.59. The summed E-state index contributed by atoms with van der Waals surface area (Å²) in [6, 6.07) is 10.4. The summed E-state index contributed by atoms with van der Waals surface area (Å²) >= 11 is 5.64. The lowest BCUT2D eigenvalue weighted by Crippen LogP contribution is -1.96. The van der Waals surface area contributed by atoms with Crippen LogP contribution in [0.25, 0.3) is 0 Å². The maximum atomic E-state index is 13.6. The molecule has 0 amide bonds. The Hall–Kier alpha value is -0.820. The third-order valence-electron chi connectivity index (χ3n) is 2.19. The van der Waals surface area contributed by atoms with Crippen LogP contribution in [0.5, 0.6) is 0 Å². The van der Waals surface area contributed by atoms with Gasteiger partial charge in [-0.3, -0.25) is 0 Å². The van der Waals surface area contributed by atoms with Gasteiger partial charge in [0, 0.05) is 13.7 Å². The van der Waals surface area contributed by atoms with E-state index in [1.54, 1.807) is 12.1 Å². The first kappa shape index (κ1) is 12.6. The van der Waals surface area contributed by atoms with Gasteiger partial charge >= 0.3 is 0 Å². The van der Waals surface area contributed by atoms with Crippen molar-refractivity contribution in [3.05, 3.63) is 50.3 Å². The van der Waals surface area contributed by atoms with Crippen molar-refractivity contribution in [2.75, 3.05) is 11.1 Å². The number of anilines is 3. The fourth-order valence-electron chi connectivity index (χ4n) is 1.37. The standard InChI is InChI=1S/C12H9BrFIN2/c13-9-5-7(15)1-3-11(9)17-12-4-2-8(16)6-10(12)14/h1-6,17H,16H2. The third kappa shape index (κ3) is 3.10. The second kappa shape index (κ2) is 5.22. The molecule has 2 aromatic carbocycles. The van der Waals surface area contributed by atoms with Gasteiger partial charge in [0.05, 0.1) is 11.4 Å². The monoisotopic (exact) mass is 406 g/mol. The summed E-state index contributed by atoms with van der Waals surface area (Å²) in [7, 11) is 0. The summed E-state index contributed by atoms with van der Waals surface area (Å²) < 4.78 is 15.6. The Morgan fingerprint density at radius 2 is 1.82 bits per heavy atom. The van der Waals surface area contributed by atoms with E-state index in [9.17, 15) is 4.39 Å². The Labute approximate surface area is 121 Å². The van der Waals surface area contributed by atoms with Crippen LogP contribution in [0.3, 0.4) is 0 Å². The predicted octanol–water partition coefficient (Wildman–Crippen LogP) is 4.52. The maximum Gasteiger partial charge on any atom is 0.148 e. The fourth-order valence-corrected chi connectivity index (χ4v) is 2.77. The molecule has 0 saturated carbocycles. The highest BCUT2D eigenvalue weighted by Crippen LogP contribution is 2.29. The van der Waals surface area contributed by atoms with Gasteiger partial charge < -0.3 is 11.1 Å². The predicted molar refractivity (Wildman–Crippen MR) is 81.0 cm³/mol. The molecule has 0 saturated heterocycles. The lowest BCUT2D eigenvalue weighted by molar-refractivity contribution is 0.632. The molecule has 0 bridgehead atoms. The number of rotatable bonds is 2. The molecule has 2 rings (SSSR count). The molecule has 17 heavy (non-hydrogen) atoms. The number of nitrogens with two attached hydrogens (primary N) is 1. The van der Waals surface area contributed by atoms with Gasteiger partial charge in [0.2, 0.25) is 0 Å². The Balaban J connectivity index is 2.31. The number of nitrogen functional groups attached to an aromatic ring is 1. The Kier molecular flexibility index (Phi) is 3.88. The van der Waals surface area contributed by atoms with E-state index in [1.807, 2.05) is 18.2 Å². The van der Waals surface area contributed by atoms with Gasteiger partial charge in [-0.05, 0) is 74.9 Å². The minimum atomic E-state index is -0.365. The lowest BCUT2D eigenvalue weighted by atomic mass is 10.2. The Morgan fingerprint density at radius 3 is 2.47 bits per heavy atom. The molecular weight excluding hydrogens is 398 g/mol. The summed E-state index contributed by atoms with van der Waals surface area (Å²) in [6.07, 6.45) is 0. The fraction of sp³-hybridized carbons (Fsp3) is 0. The lowest BCUT2D eigenvalue weighted by Gasteiger charge is -2.10. The van der Waals surface area contributed by atoms with Crippen LogP contribution in [0, 0.1) is 9.39 Å². The molecule has 3 N–H and O–H groups in total. The van der Waals surface area contributed by atoms with Gasteiger partial charge in [-0.1, -0.05) is 0 Å². The van der Waals surface area contributed by atoms with E-state index in [0.29, 0.717) is 11.4 Å². The summed E-state index contributed by atoms with van der Waals surface area (Å²) in [5.41, 5.74) is 7.12. The Morgan fingerprint density at radius 1 is 1.12 bits per heavy atom. The van der Waals surface area contributed by atoms with Gasteiger partial charge in [0.1, 0.15) is 5.82 Å². The number of halogens is 3. The van der Waals surface area contributed by atoms with Crippen molar-refractivity contribution in [3.8, 4) is 0 Å². The molecule has 0 radical (unpaired) electrons. The minimum absolute atomic E-state index is 0.365. The SMILES string of the molecule is Nc1ccc(Nc2ccc(I)cc2Br)c(F)c1. The average Bonchev–Trinajstić information content (AvgIpc) is 2.25. The van der Waals surface area contributed by atoms with Crippen molar-refractivity contribution < 1.29 is 4.39 Å². The number of nitrogens with one attached hydrogen (secondary N) is 1. The van der Waals surface area contributed by atoms with Gasteiger partial charge in [0.15, 0.2) is 0 Å². The van der Waals surface area contributed by atoms with E-state index in [-0.39, 0.29) is 5.82 Å². The molecular formula is C12H9BrFIN2. The van der Waals surface area contributed by atoms with Crippen LogP contribution in [0.2, 0.25) is 0 Å². The first-order valence-corrected chi connectivity index (χ1v) is 6.70. The molecule has 0 aliphatic rings. The van der Waals surface area contributed by atoms with Crippen molar-refractivity contribution in [3.63, 3.8) is 0 Å². The zero-order valence-electron chi connectivity index (χ0n) is 8.68. The third-order valence-corrected chi connectivity index (χ3v) is 3.52. The van der Waals surface area contributed by atoms with E-state index >= 15 is 0 Å². The first-order chi connectivity index (χ1) is 8.06. The molecule has 0 fully saturated rings. The molecule has 0 heterocycles. The van der Waals surface area contributed by atoms with Crippen molar-refractivity contribution in [1.29, 1.82) is 0 Å². The van der Waals surface area contributed by atoms with Crippen LogP contribution < -0.4 is 11.1 Å². The van der Waals surface area contributed by atoms with E-state index < -0.39 is 0 Å². The van der Waals surface area contributed by atoms with Crippen molar-refractivity contribution in [2.24, 2.45) is 0 Å². The molecule has 0 spiro atoms. The second-order valence-electron chi connectivity index (χ2n) is 3.49. The topological polar surface area (TPSA) is 38.0 Å². The van der Waals surface area contributed by atoms with E-state index in [2.05, 4.69) is 43.8 Å². The molecule has 88 valence electrons. The largest absolute Gasteiger partial charge is 0.399 e. The molecule has 2 nitrogen and oxygen atoms in total. The summed E-state index contributed by atoms with van der Waals surface area (Å²) in [4.78, 5) is 0. The normalized spacial score (nSPS) is 10.3. The minimum Gasteiger partial charge on any atom is -0.399 e. The van der Waals surface area contributed by atoms with Crippen LogP contribution in [0.1, 0.15) is 0 Å². The molecule has 5 heteroatoms. The van der Waals surface area contributed by atoms with Crippen molar-refractivity contribution in [2.45, 2.75) is 0 Å². The van der Waals surface area contributed by atoms with Crippen molar-refractivity contribution >= 4 is 55.6 Å². The van der Waals surface area contributed by atoms with Crippen LogP contribution in [-0.2, 0) is 0 Å². The molecule has 0 atom stereocenters. The quantitative estimate of drug-likeness (QED) is 0.568. The van der Waals surface area contributed by atoms with Crippen LogP contribution in [0.15, 0.2) is 40.9 Å². The van der Waals surface area contributed by atoms with Gasteiger partial charge in [-0.25, -0.2) is 4.39 Å². The molecule has 0 aliphatic heterocycles. The summed E-state index contributed by atoms with van der Waals surface area (Å²) in [6.45, 7) is 0. The zero-order chi connectivity index (χ0) is 12.4. The average molecular weight is 407 g/mol. The molecule has 0 unspecified atom stereocenters. The first-order valence-electron chi connectivity index (χ1n) is 4.83. The van der Waals surface area contributed by atoms with Crippen molar-refractivity contribution in [1.82, 2.24) is 0 Å². The number of hydrogen-bond acceptors (Lipinski definition) is 2. The number of hydrogen-bond donors (Lipinski definition) is 2. The smallest absolute Gasteiger partial charge is 0.148 e. The highest BCUT2D eigenvalue weighted by atomic mass is 127. The number of benzene rings is 2. The van der Waals surface area contributed by atoms with Gasteiger partial charge in [-0.15, -0.1) is 0 Å². The molecule has 2 aromatic rings. The maximum absolute atomic E-state index is 13.6. The van der Waals surface area contributed by atoms with Gasteiger partial charge in [0.25, 0.3) is 0 Å². The molecule has 0 aliphatic carbocycles. The Bertz CT molecular complexity index is 511. The summed E-state index contributed by atoms with van der Waals surface area (Å²) in [5.74, 6) is -0.365. The van der Waals surface area contributed by atoms with Crippen LogP contribution >= 0.6 is 38.5 Å². The highest BCUT2D eigenvalue weighted by molar-refractivity contribution is 14.1. The van der Waals surface area contributed by atoms with E-state index in [0.717, 1.165) is 13.7 Å².